The Kier molecular flexibility index (Phi) is 3.30. The molecule has 0 saturated heterocycles. The number of hydrogen-bond donors (Lipinski definition) is 1. The molecule has 1 saturated carbocycles. The maximum Gasteiger partial charge on any atom is 0.271 e. The van der Waals surface area contributed by atoms with Crippen molar-refractivity contribution in [2.75, 3.05) is 6.54 Å². The van der Waals surface area contributed by atoms with Gasteiger partial charge in [0.15, 0.2) is 0 Å². The molecule has 3 rings (SSSR count). The molecule has 2 heterocycles. The number of carbonyl (C=O) groups excluding carboxylic acids is 1. The van der Waals surface area contributed by atoms with Gasteiger partial charge in [-0.05, 0) is 19.8 Å². The highest BCUT2D eigenvalue weighted by atomic mass is 16.1. The molecule has 1 amide bonds. The van der Waals surface area contributed by atoms with Crippen LogP contribution >= 0.6 is 0 Å². The highest BCUT2D eigenvalue weighted by Gasteiger charge is 2.28. The standard InChI is InChI=1S/C14H19N5O/c1-10-7-16-13(11-3-4-11)19(10)6-5-15-14(20)12-8-18(2)9-17-12/h7-9,11H,3-6H2,1-2H3,(H,15,20). The molecule has 0 aliphatic heterocycles. The molecular formula is C14H19N5O. The maximum atomic E-state index is 11.9. The molecule has 106 valence electrons. The van der Waals surface area contributed by atoms with Gasteiger partial charge in [-0.15, -0.1) is 0 Å². The van der Waals surface area contributed by atoms with Crippen LogP contribution in [0.3, 0.4) is 0 Å². The molecule has 1 fully saturated rings. The number of aryl methyl sites for hydroxylation is 2. The van der Waals surface area contributed by atoms with Gasteiger partial charge in [-0.25, -0.2) is 9.97 Å². The van der Waals surface area contributed by atoms with Gasteiger partial charge >= 0.3 is 0 Å². The summed E-state index contributed by atoms with van der Waals surface area (Å²) in [6, 6.07) is 0. The molecule has 6 nitrogen and oxygen atoms in total. The number of carbonyl (C=O) groups is 1. The summed E-state index contributed by atoms with van der Waals surface area (Å²) in [4.78, 5) is 20.4. The van der Waals surface area contributed by atoms with Crippen molar-refractivity contribution in [2.45, 2.75) is 32.2 Å². The maximum absolute atomic E-state index is 11.9. The first-order chi connectivity index (χ1) is 9.65. The zero-order valence-electron chi connectivity index (χ0n) is 11.8. The third-order valence-corrected chi connectivity index (χ3v) is 3.59. The van der Waals surface area contributed by atoms with E-state index >= 15 is 0 Å². The molecule has 0 unspecified atom stereocenters. The second-order valence-corrected chi connectivity index (χ2v) is 5.36. The highest BCUT2D eigenvalue weighted by molar-refractivity contribution is 5.91. The summed E-state index contributed by atoms with van der Waals surface area (Å²) in [5.74, 6) is 1.65. The summed E-state index contributed by atoms with van der Waals surface area (Å²) in [6.07, 6.45) is 7.72. The quantitative estimate of drug-likeness (QED) is 0.891. The van der Waals surface area contributed by atoms with Crippen molar-refractivity contribution in [3.8, 4) is 0 Å². The molecule has 20 heavy (non-hydrogen) atoms. The Morgan fingerprint density at radius 3 is 2.90 bits per heavy atom. The average Bonchev–Trinajstić information content (AvgIpc) is 3.07. The third kappa shape index (κ3) is 2.59. The van der Waals surface area contributed by atoms with Gasteiger partial charge in [0.2, 0.25) is 0 Å². The summed E-state index contributed by atoms with van der Waals surface area (Å²) < 4.78 is 3.97. The minimum atomic E-state index is -0.128. The lowest BCUT2D eigenvalue weighted by Crippen LogP contribution is -2.28. The van der Waals surface area contributed by atoms with E-state index in [1.807, 2.05) is 13.2 Å². The molecule has 0 spiro atoms. The minimum absolute atomic E-state index is 0.128. The monoisotopic (exact) mass is 273 g/mol. The zero-order chi connectivity index (χ0) is 14.1. The van der Waals surface area contributed by atoms with E-state index in [4.69, 9.17) is 0 Å². The van der Waals surface area contributed by atoms with Crippen molar-refractivity contribution in [3.05, 3.63) is 35.9 Å². The van der Waals surface area contributed by atoms with Crippen LogP contribution in [0.4, 0.5) is 0 Å². The van der Waals surface area contributed by atoms with E-state index in [-0.39, 0.29) is 5.91 Å². The van der Waals surface area contributed by atoms with Gasteiger partial charge in [0.05, 0.1) is 6.33 Å². The van der Waals surface area contributed by atoms with Gasteiger partial charge < -0.3 is 14.5 Å². The third-order valence-electron chi connectivity index (χ3n) is 3.59. The van der Waals surface area contributed by atoms with E-state index in [0.717, 1.165) is 18.1 Å². The molecular weight excluding hydrogens is 254 g/mol. The number of nitrogens with one attached hydrogen (secondary N) is 1. The zero-order valence-corrected chi connectivity index (χ0v) is 11.8. The Bertz CT molecular complexity index is 623. The Morgan fingerprint density at radius 1 is 1.45 bits per heavy atom. The average molecular weight is 273 g/mol. The van der Waals surface area contributed by atoms with Crippen molar-refractivity contribution in [3.63, 3.8) is 0 Å². The number of nitrogens with zero attached hydrogens (tertiary/aromatic N) is 4. The fourth-order valence-electron chi connectivity index (χ4n) is 2.34. The largest absolute Gasteiger partial charge is 0.349 e. The first kappa shape index (κ1) is 12.9. The van der Waals surface area contributed by atoms with Crippen molar-refractivity contribution in [1.29, 1.82) is 0 Å². The number of amides is 1. The number of rotatable bonds is 5. The summed E-state index contributed by atoms with van der Waals surface area (Å²) in [5.41, 5.74) is 1.61. The van der Waals surface area contributed by atoms with Crippen LogP contribution in [-0.4, -0.2) is 31.6 Å². The van der Waals surface area contributed by atoms with Gasteiger partial charge in [0.25, 0.3) is 5.91 Å². The van der Waals surface area contributed by atoms with Crippen LogP contribution in [0.15, 0.2) is 18.7 Å². The van der Waals surface area contributed by atoms with Crippen molar-refractivity contribution in [1.82, 2.24) is 24.4 Å². The lowest BCUT2D eigenvalue weighted by atomic mass is 10.3. The summed E-state index contributed by atoms with van der Waals surface area (Å²) in [5, 5.41) is 2.90. The van der Waals surface area contributed by atoms with Crippen molar-refractivity contribution >= 4 is 5.91 Å². The Hall–Kier alpha value is -2.11. The van der Waals surface area contributed by atoms with Crippen LogP contribution < -0.4 is 5.32 Å². The molecule has 1 aliphatic rings. The topological polar surface area (TPSA) is 64.7 Å². The van der Waals surface area contributed by atoms with Crippen LogP contribution in [0.1, 0.15) is 40.8 Å². The van der Waals surface area contributed by atoms with Gasteiger partial charge in [0.1, 0.15) is 11.5 Å². The number of aromatic nitrogens is 4. The molecule has 6 heteroatoms. The van der Waals surface area contributed by atoms with E-state index in [1.54, 1.807) is 17.1 Å². The minimum Gasteiger partial charge on any atom is -0.349 e. The Morgan fingerprint density at radius 2 is 2.25 bits per heavy atom. The number of hydrogen-bond acceptors (Lipinski definition) is 3. The first-order valence-electron chi connectivity index (χ1n) is 6.93. The summed E-state index contributed by atoms with van der Waals surface area (Å²) in [6.45, 7) is 3.40. The van der Waals surface area contributed by atoms with E-state index in [0.29, 0.717) is 18.2 Å². The van der Waals surface area contributed by atoms with Crippen LogP contribution in [-0.2, 0) is 13.6 Å². The SMILES string of the molecule is Cc1cnc(C2CC2)n1CCNC(=O)c1cn(C)cn1. The molecule has 1 aliphatic carbocycles. The lowest BCUT2D eigenvalue weighted by molar-refractivity contribution is 0.0947. The van der Waals surface area contributed by atoms with Crippen molar-refractivity contribution in [2.24, 2.45) is 7.05 Å². The number of imidazole rings is 2. The highest BCUT2D eigenvalue weighted by Crippen LogP contribution is 2.39. The molecule has 0 atom stereocenters. The van der Waals surface area contributed by atoms with Crippen molar-refractivity contribution < 1.29 is 4.79 Å². The molecule has 2 aromatic heterocycles. The van der Waals surface area contributed by atoms with E-state index in [1.165, 1.54) is 12.8 Å². The van der Waals surface area contributed by atoms with Gasteiger partial charge in [-0.3, -0.25) is 4.79 Å². The Labute approximate surface area is 117 Å². The lowest BCUT2D eigenvalue weighted by Gasteiger charge is -2.10. The van der Waals surface area contributed by atoms with Crippen LogP contribution in [0.2, 0.25) is 0 Å². The molecule has 0 aromatic carbocycles. The molecule has 2 aromatic rings. The summed E-state index contributed by atoms with van der Waals surface area (Å²) >= 11 is 0. The van der Waals surface area contributed by atoms with Gasteiger partial charge in [-0.2, -0.15) is 0 Å². The van der Waals surface area contributed by atoms with Gasteiger partial charge in [0, 0.05) is 44.1 Å². The fraction of sp³-hybridized carbons (Fsp3) is 0.500. The Balaban J connectivity index is 1.57. The predicted octanol–water partition coefficient (Wildman–Crippen LogP) is 1.23. The predicted molar refractivity (Wildman–Crippen MR) is 74.5 cm³/mol. The van der Waals surface area contributed by atoms with Gasteiger partial charge in [-0.1, -0.05) is 0 Å². The molecule has 0 bridgehead atoms. The van der Waals surface area contributed by atoms with Crippen LogP contribution in [0.25, 0.3) is 0 Å². The smallest absolute Gasteiger partial charge is 0.271 e. The van der Waals surface area contributed by atoms with E-state index in [2.05, 4.69) is 26.8 Å². The second-order valence-electron chi connectivity index (χ2n) is 5.36. The second kappa shape index (κ2) is 5.11. The normalized spacial score (nSPS) is 14.5. The first-order valence-corrected chi connectivity index (χ1v) is 6.93. The molecule has 1 N–H and O–H groups in total. The van der Waals surface area contributed by atoms with E-state index in [9.17, 15) is 4.79 Å². The summed E-state index contributed by atoms with van der Waals surface area (Å²) in [7, 11) is 1.85. The van der Waals surface area contributed by atoms with Crippen LogP contribution in [0, 0.1) is 6.92 Å². The molecule has 0 radical (unpaired) electrons. The fourth-order valence-corrected chi connectivity index (χ4v) is 2.34. The van der Waals surface area contributed by atoms with E-state index < -0.39 is 0 Å². The van der Waals surface area contributed by atoms with Crippen LogP contribution in [0.5, 0.6) is 0 Å².